The second kappa shape index (κ2) is 7.46. The molecular weight excluding hydrogens is 224 g/mol. The Morgan fingerprint density at radius 3 is 2.78 bits per heavy atom. The van der Waals surface area contributed by atoms with Gasteiger partial charge in [0.25, 0.3) is 0 Å². The molecule has 1 N–H and O–H groups in total. The Balaban J connectivity index is 1.91. The summed E-state index contributed by atoms with van der Waals surface area (Å²) < 4.78 is 5.24. The molecule has 1 heterocycles. The fraction of sp³-hybridized carbons (Fsp3) is 1.00. The van der Waals surface area contributed by atoms with E-state index in [1.807, 2.05) is 7.11 Å². The van der Waals surface area contributed by atoms with Gasteiger partial charge in [-0.05, 0) is 32.1 Å². The Hall–Kier alpha value is -0.120. The van der Waals surface area contributed by atoms with Crippen LogP contribution < -0.4 is 5.32 Å². The number of nitrogens with zero attached hydrogens (tertiary/aromatic N) is 1. The van der Waals surface area contributed by atoms with E-state index in [-0.39, 0.29) is 0 Å². The van der Waals surface area contributed by atoms with Crippen molar-refractivity contribution >= 4 is 0 Å². The van der Waals surface area contributed by atoms with E-state index >= 15 is 0 Å². The molecule has 0 spiro atoms. The Morgan fingerprint density at radius 1 is 1.28 bits per heavy atom. The number of hydrogen-bond acceptors (Lipinski definition) is 3. The van der Waals surface area contributed by atoms with Gasteiger partial charge in [0.05, 0.1) is 0 Å². The van der Waals surface area contributed by atoms with E-state index in [1.165, 1.54) is 51.6 Å². The predicted molar refractivity (Wildman–Crippen MR) is 75.9 cm³/mol. The van der Waals surface area contributed by atoms with Crippen molar-refractivity contribution in [3.05, 3.63) is 0 Å². The van der Waals surface area contributed by atoms with Gasteiger partial charge in [-0.3, -0.25) is 4.90 Å². The van der Waals surface area contributed by atoms with Crippen molar-refractivity contribution in [1.29, 1.82) is 0 Å². The molecule has 0 aromatic heterocycles. The maximum atomic E-state index is 5.24. The summed E-state index contributed by atoms with van der Waals surface area (Å²) in [6, 6.07) is 1.44. The summed E-state index contributed by atoms with van der Waals surface area (Å²) in [6.45, 7) is 6.83. The molecule has 18 heavy (non-hydrogen) atoms. The fourth-order valence-corrected chi connectivity index (χ4v) is 3.70. The van der Waals surface area contributed by atoms with Gasteiger partial charge in [0.2, 0.25) is 0 Å². The standard InChI is InChI=1S/C15H30N2O/c1-13(8-11-18-2)17-10-9-16-12-15(17)14-6-4-3-5-7-14/h13-16H,3-12H2,1-2H3. The lowest BCUT2D eigenvalue weighted by Gasteiger charge is -2.45. The fourth-order valence-electron chi connectivity index (χ4n) is 3.70. The van der Waals surface area contributed by atoms with E-state index in [0.717, 1.165) is 25.1 Å². The van der Waals surface area contributed by atoms with Gasteiger partial charge in [0.15, 0.2) is 0 Å². The molecule has 2 aliphatic rings. The van der Waals surface area contributed by atoms with Crippen LogP contribution in [-0.2, 0) is 4.74 Å². The van der Waals surface area contributed by atoms with Crippen molar-refractivity contribution in [1.82, 2.24) is 10.2 Å². The number of hydrogen-bond donors (Lipinski definition) is 1. The highest BCUT2D eigenvalue weighted by Gasteiger charge is 2.32. The van der Waals surface area contributed by atoms with Crippen molar-refractivity contribution < 1.29 is 4.74 Å². The van der Waals surface area contributed by atoms with Crippen LogP contribution in [0.15, 0.2) is 0 Å². The zero-order valence-electron chi connectivity index (χ0n) is 12.2. The van der Waals surface area contributed by atoms with Crippen LogP contribution in [-0.4, -0.2) is 50.3 Å². The molecule has 2 unspecified atom stereocenters. The van der Waals surface area contributed by atoms with E-state index in [9.17, 15) is 0 Å². The summed E-state index contributed by atoms with van der Waals surface area (Å²) in [4.78, 5) is 2.76. The van der Waals surface area contributed by atoms with Crippen LogP contribution in [0.3, 0.4) is 0 Å². The van der Waals surface area contributed by atoms with Gasteiger partial charge in [0, 0.05) is 45.4 Å². The maximum Gasteiger partial charge on any atom is 0.0477 e. The molecule has 0 radical (unpaired) electrons. The summed E-state index contributed by atoms with van der Waals surface area (Å²) in [5, 5.41) is 3.60. The average molecular weight is 254 g/mol. The largest absolute Gasteiger partial charge is 0.385 e. The normalized spacial score (nSPS) is 29.3. The second-order valence-electron chi connectivity index (χ2n) is 6.04. The lowest BCUT2D eigenvalue weighted by Crippen LogP contribution is -2.57. The number of ether oxygens (including phenoxy) is 1. The third kappa shape index (κ3) is 3.69. The molecule has 0 aromatic carbocycles. The van der Waals surface area contributed by atoms with Crippen molar-refractivity contribution in [2.24, 2.45) is 5.92 Å². The van der Waals surface area contributed by atoms with Crippen LogP contribution in [0.5, 0.6) is 0 Å². The molecule has 0 bridgehead atoms. The Labute approximate surface area is 112 Å². The molecule has 0 aromatic rings. The molecule has 1 aliphatic heterocycles. The average Bonchev–Trinajstić information content (AvgIpc) is 2.45. The first-order chi connectivity index (χ1) is 8.83. The van der Waals surface area contributed by atoms with Crippen molar-refractivity contribution in [2.75, 3.05) is 33.4 Å². The predicted octanol–water partition coefficient (Wildman–Crippen LogP) is 2.27. The molecule has 0 amide bonds. The van der Waals surface area contributed by atoms with E-state index in [4.69, 9.17) is 4.74 Å². The van der Waals surface area contributed by atoms with Gasteiger partial charge in [-0.1, -0.05) is 19.3 Å². The Morgan fingerprint density at radius 2 is 2.06 bits per heavy atom. The van der Waals surface area contributed by atoms with E-state index in [0.29, 0.717) is 6.04 Å². The summed E-state index contributed by atoms with van der Waals surface area (Å²) in [7, 11) is 1.81. The Bertz CT molecular complexity index is 229. The lowest BCUT2D eigenvalue weighted by atomic mass is 9.82. The third-order valence-corrected chi connectivity index (χ3v) is 4.83. The van der Waals surface area contributed by atoms with Gasteiger partial charge in [-0.25, -0.2) is 0 Å². The topological polar surface area (TPSA) is 24.5 Å². The van der Waals surface area contributed by atoms with Crippen LogP contribution in [0, 0.1) is 5.92 Å². The molecule has 1 saturated carbocycles. The smallest absolute Gasteiger partial charge is 0.0477 e. The first-order valence-corrected chi connectivity index (χ1v) is 7.78. The Kier molecular flexibility index (Phi) is 5.93. The molecule has 2 rings (SSSR count). The molecule has 1 saturated heterocycles. The van der Waals surface area contributed by atoms with Crippen LogP contribution in [0.4, 0.5) is 0 Å². The van der Waals surface area contributed by atoms with Crippen molar-refractivity contribution in [3.63, 3.8) is 0 Å². The minimum atomic E-state index is 0.666. The van der Waals surface area contributed by atoms with Gasteiger partial charge >= 0.3 is 0 Å². The van der Waals surface area contributed by atoms with Crippen LogP contribution >= 0.6 is 0 Å². The number of methoxy groups -OCH3 is 1. The minimum Gasteiger partial charge on any atom is -0.385 e. The zero-order valence-corrected chi connectivity index (χ0v) is 12.2. The molecule has 106 valence electrons. The first kappa shape index (κ1) is 14.3. The first-order valence-electron chi connectivity index (χ1n) is 7.78. The van der Waals surface area contributed by atoms with Crippen molar-refractivity contribution in [2.45, 2.75) is 57.5 Å². The molecule has 2 fully saturated rings. The van der Waals surface area contributed by atoms with Gasteiger partial charge in [-0.15, -0.1) is 0 Å². The van der Waals surface area contributed by atoms with Gasteiger partial charge in [-0.2, -0.15) is 0 Å². The number of rotatable bonds is 5. The molecular formula is C15H30N2O. The summed E-state index contributed by atoms with van der Waals surface area (Å²) >= 11 is 0. The third-order valence-electron chi connectivity index (χ3n) is 4.83. The monoisotopic (exact) mass is 254 g/mol. The summed E-state index contributed by atoms with van der Waals surface area (Å²) in [5.41, 5.74) is 0. The number of nitrogens with one attached hydrogen (secondary N) is 1. The van der Waals surface area contributed by atoms with Gasteiger partial charge < -0.3 is 10.1 Å². The molecule has 3 nitrogen and oxygen atoms in total. The molecule has 3 heteroatoms. The highest BCUT2D eigenvalue weighted by molar-refractivity contribution is 4.89. The molecule has 2 atom stereocenters. The maximum absolute atomic E-state index is 5.24. The van der Waals surface area contributed by atoms with Crippen LogP contribution in [0.25, 0.3) is 0 Å². The summed E-state index contributed by atoms with van der Waals surface area (Å²) in [6.07, 6.45) is 8.40. The van der Waals surface area contributed by atoms with Crippen LogP contribution in [0.1, 0.15) is 45.4 Å². The minimum absolute atomic E-state index is 0.666. The second-order valence-corrected chi connectivity index (χ2v) is 6.04. The SMILES string of the molecule is COCCC(C)N1CCNCC1C1CCCCC1. The summed E-state index contributed by atoms with van der Waals surface area (Å²) in [5.74, 6) is 0.927. The van der Waals surface area contributed by atoms with Gasteiger partial charge in [0.1, 0.15) is 0 Å². The quantitative estimate of drug-likeness (QED) is 0.814. The lowest BCUT2D eigenvalue weighted by molar-refractivity contribution is 0.0453. The molecule has 1 aliphatic carbocycles. The van der Waals surface area contributed by atoms with Crippen LogP contribution in [0.2, 0.25) is 0 Å². The van der Waals surface area contributed by atoms with E-state index < -0.39 is 0 Å². The number of piperazine rings is 1. The highest BCUT2D eigenvalue weighted by atomic mass is 16.5. The highest BCUT2D eigenvalue weighted by Crippen LogP contribution is 2.30. The van der Waals surface area contributed by atoms with Crippen molar-refractivity contribution in [3.8, 4) is 0 Å². The van der Waals surface area contributed by atoms with E-state index in [2.05, 4.69) is 17.1 Å². The van der Waals surface area contributed by atoms with E-state index in [1.54, 1.807) is 0 Å². The zero-order chi connectivity index (χ0) is 12.8.